The SMILES string of the molecule is CCOc1ccc(S(=O)(=O)NCC(OC)c2ccc(Cl)s2)cc1F. The Morgan fingerprint density at radius 1 is 1.33 bits per heavy atom. The largest absolute Gasteiger partial charge is 0.491 e. The van der Waals surface area contributed by atoms with Crippen LogP contribution in [0.3, 0.4) is 0 Å². The van der Waals surface area contributed by atoms with Crippen molar-refractivity contribution >= 4 is 33.0 Å². The Bertz CT molecular complexity index is 795. The Kier molecular flexibility index (Phi) is 6.59. The van der Waals surface area contributed by atoms with E-state index in [2.05, 4.69) is 4.72 Å². The molecular formula is C15H17ClFNO4S2. The highest BCUT2D eigenvalue weighted by Crippen LogP contribution is 2.28. The molecule has 0 aliphatic heterocycles. The van der Waals surface area contributed by atoms with Crippen molar-refractivity contribution in [1.29, 1.82) is 0 Å². The van der Waals surface area contributed by atoms with Gasteiger partial charge in [0.15, 0.2) is 11.6 Å². The molecule has 1 atom stereocenters. The van der Waals surface area contributed by atoms with Crippen molar-refractivity contribution in [2.75, 3.05) is 20.3 Å². The van der Waals surface area contributed by atoms with Crippen LogP contribution >= 0.6 is 22.9 Å². The van der Waals surface area contributed by atoms with Crippen molar-refractivity contribution in [2.45, 2.75) is 17.9 Å². The fraction of sp³-hybridized carbons (Fsp3) is 0.333. The van der Waals surface area contributed by atoms with E-state index in [-0.39, 0.29) is 17.2 Å². The van der Waals surface area contributed by atoms with Crippen LogP contribution in [0.2, 0.25) is 4.34 Å². The third-order valence-electron chi connectivity index (χ3n) is 3.17. The van der Waals surface area contributed by atoms with Gasteiger partial charge in [-0.2, -0.15) is 0 Å². The summed E-state index contributed by atoms with van der Waals surface area (Å²) < 4.78 is 51.8. The van der Waals surface area contributed by atoms with Gasteiger partial charge in [-0.05, 0) is 37.3 Å². The number of halogens is 2. The van der Waals surface area contributed by atoms with Crippen LogP contribution in [-0.4, -0.2) is 28.7 Å². The molecule has 1 unspecified atom stereocenters. The van der Waals surface area contributed by atoms with Crippen LogP contribution in [-0.2, 0) is 14.8 Å². The zero-order valence-corrected chi connectivity index (χ0v) is 15.5. The van der Waals surface area contributed by atoms with Crippen molar-refractivity contribution < 1.29 is 22.3 Å². The van der Waals surface area contributed by atoms with Gasteiger partial charge in [-0.15, -0.1) is 11.3 Å². The lowest BCUT2D eigenvalue weighted by atomic mass is 10.3. The van der Waals surface area contributed by atoms with Gasteiger partial charge in [0.25, 0.3) is 0 Å². The van der Waals surface area contributed by atoms with Gasteiger partial charge in [0.1, 0.15) is 6.10 Å². The van der Waals surface area contributed by atoms with Crippen molar-refractivity contribution in [3.05, 3.63) is 45.4 Å². The predicted molar refractivity (Wildman–Crippen MR) is 91.8 cm³/mol. The zero-order valence-electron chi connectivity index (χ0n) is 13.1. The molecule has 0 bridgehead atoms. The molecule has 0 fully saturated rings. The summed E-state index contributed by atoms with van der Waals surface area (Å²) >= 11 is 7.18. The number of benzene rings is 1. The van der Waals surface area contributed by atoms with Gasteiger partial charge in [-0.3, -0.25) is 0 Å². The van der Waals surface area contributed by atoms with Gasteiger partial charge in [0.05, 0.1) is 15.8 Å². The Morgan fingerprint density at radius 3 is 2.62 bits per heavy atom. The van der Waals surface area contributed by atoms with Crippen LogP contribution in [0.5, 0.6) is 5.75 Å². The Balaban J connectivity index is 2.11. The molecule has 0 radical (unpaired) electrons. The first-order valence-corrected chi connectivity index (χ1v) is 9.75. The van der Waals surface area contributed by atoms with Gasteiger partial charge in [0, 0.05) is 18.5 Å². The van der Waals surface area contributed by atoms with E-state index in [0.29, 0.717) is 10.9 Å². The monoisotopic (exact) mass is 393 g/mol. The Hall–Kier alpha value is -1.19. The second-order valence-electron chi connectivity index (χ2n) is 4.74. The standard InChI is InChI=1S/C15H17ClFNO4S2/c1-3-22-12-5-4-10(8-11(12)17)24(19,20)18-9-13(21-2)14-6-7-15(16)23-14/h4-8,13,18H,3,9H2,1-2H3. The predicted octanol–water partition coefficient (Wildman–Crippen LogP) is 3.61. The first-order valence-electron chi connectivity index (χ1n) is 7.07. The summed E-state index contributed by atoms with van der Waals surface area (Å²) in [5, 5.41) is 0. The molecule has 2 aromatic rings. The van der Waals surface area contributed by atoms with E-state index in [1.807, 2.05) is 0 Å². The highest BCUT2D eigenvalue weighted by molar-refractivity contribution is 7.89. The molecule has 1 heterocycles. The maximum absolute atomic E-state index is 13.8. The summed E-state index contributed by atoms with van der Waals surface area (Å²) in [5.41, 5.74) is 0. The molecule has 1 aromatic carbocycles. The summed E-state index contributed by atoms with van der Waals surface area (Å²) in [7, 11) is -2.40. The van der Waals surface area contributed by atoms with Crippen molar-refractivity contribution in [2.24, 2.45) is 0 Å². The molecule has 1 aromatic heterocycles. The van der Waals surface area contributed by atoms with Gasteiger partial charge >= 0.3 is 0 Å². The van der Waals surface area contributed by atoms with Crippen LogP contribution in [0, 0.1) is 5.82 Å². The van der Waals surface area contributed by atoms with Gasteiger partial charge in [-0.25, -0.2) is 17.5 Å². The van der Waals surface area contributed by atoms with E-state index in [1.165, 1.54) is 30.6 Å². The third kappa shape index (κ3) is 4.67. The second kappa shape index (κ2) is 8.26. The number of methoxy groups -OCH3 is 1. The normalized spacial score (nSPS) is 13.0. The summed E-state index contributed by atoms with van der Waals surface area (Å²) in [4.78, 5) is 0.616. The van der Waals surface area contributed by atoms with Crippen molar-refractivity contribution in [3.63, 3.8) is 0 Å². The average Bonchev–Trinajstić information content (AvgIpc) is 2.96. The molecule has 24 heavy (non-hydrogen) atoms. The Morgan fingerprint density at radius 2 is 2.08 bits per heavy atom. The molecule has 132 valence electrons. The van der Waals surface area contributed by atoms with Gasteiger partial charge < -0.3 is 9.47 Å². The highest BCUT2D eigenvalue weighted by atomic mass is 35.5. The minimum atomic E-state index is -3.87. The van der Waals surface area contributed by atoms with Crippen LogP contribution < -0.4 is 9.46 Å². The molecule has 5 nitrogen and oxygen atoms in total. The average molecular weight is 394 g/mol. The van der Waals surface area contributed by atoms with E-state index in [1.54, 1.807) is 19.1 Å². The lowest BCUT2D eigenvalue weighted by molar-refractivity contribution is 0.110. The van der Waals surface area contributed by atoms with Crippen molar-refractivity contribution in [1.82, 2.24) is 4.72 Å². The molecule has 1 N–H and O–H groups in total. The maximum Gasteiger partial charge on any atom is 0.240 e. The second-order valence-corrected chi connectivity index (χ2v) is 8.26. The summed E-state index contributed by atoms with van der Waals surface area (Å²) in [6.45, 7) is 2.01. The molecule has 0 saturated carbocycles. The quantitative estimate of drug-likeness (QED) is 0.744. The van der Waals surface area contributed by atoms with Gasteiger partial charge in [0.2, 0.25) is 10.0 Å². The van der Waals surface area contributed by atoms with E-state index >= 15 is 0 Å². The number of nitrogens with one attached hydrogen (secondary N) is 1. The highest BCUT2D eigenvalue weighted by Gasteiger charge is 2.20. The number of hydrogen-bond acceptors (Lipinski definition) is 5. The van der Waals surface area contributed by atoms with E-state index in [4.69, 9.17) is 21.1 Å². The minimum Gasteiger partial charge on any atom is -0.491 e. The van der Waals surface area contributed by atoms with Crippen molar-refractivity contribution in [3.8, 4) is 5.75 Å². The first-order chi connectivity index (χ1) is 11.4. The number of sulfonamides is 1. The number of hydrogen-bond donors (Lipinski definition) is 1. The molecule has 9 heteroatoms. The van der Waals surface area contributed by atoms with Crippen LogP contribution in [0.4, 0.5) is 4.39 Å². The summed E-state index contributed by atoms with van der Waals surface area (Å²) in [6, 6.07) is 6.99. The van der Waals surface area contributed by atoms with Crippen LogP contribution in [0.1, 0.15) is 17.9 Å². The molecule has 0 aliphatic rings. The van der Waals surface area contributed by atoms with E-state index in [9.17, 15) is 12.8 Å². The molecule has 0 amide bonds. The van der Waals surface area contributed by atoms with Crippen LogP contribution in [0.15, 0.2) is 35.2 Å². The fourth-order valence-corrected chi connectivity index (χ4v) is 4.17. The molecule has 0 aliphatic carbocycles. The number of rotatable bonds is 8. The number of ether oxygens (including phenoxy) is 2. The summed E-state index contributed by atoms with van der Waals surface area (Å²) in [5.74, 6) is -0.715. The third-order valence-corrected chi connectivity index (χ3v) is 5.91. The fourth-order valence-electron chi connectivity index (χ4n) is 1.99. The molecule has 2 rings (SSSR count). The first kappa shape index (κ1) is 19.1. The molecular weight excluding hydrogens is 377 g/mol. The topological polar surface area (TPSA) is 64.6 Å². The lowest BCUT2D eigenvalue weighted by Gasteiger charge is -2.15. The molecule has 0 saturated heterocycles. The summed E-state index contributed by atoms with van der Waals surface area (Å²) in [6.07, 6.45) is -0.482. The zero-order chi connectivity index (χ0) is 17.7. The van der Waals surface area contributed by atoms with Crippen LogP contribution in [0.25, 0.3) is 0 Å². The maximum atomic E-state index is 13.8. The molecule has 0 spiro atoms. The Labute approximate surface area is 149 Å². The lowest BCUT2D eigenvalue weighted by Crippen LogP contribution is -2.29. The number of thiophene rings is 1. The van der Waals surface area contributed by atoms with Gasteiger partial charge in [-0.1, -0.05) is 11.6 Å². The smallest absolute Gasteiger partial charge is 0.240 e. The van der Waals surface area contributed by atoms with E-state index in [0.717, 1.165) is 10.9 Å². The minimum absolute atomic E-state index is 0.00447. The van der Waals surface area contributed by atoms with E-state index < -0.39 is 21.9 Å².